The van der Waals surface area contributed by atoms with Crippen molar-refractivity contribution in [3.8, 4) is 11.5 Å². The van der Waals surface area contributed by atoms with Crippen molar-refractivity contribution in [1.29, 1.82) is 0 Å². The summed E-state index contributed by atoms with van der Waals surface area (Å²) in [5, 5.41) is 29.6. The number of hydrogen-bond donors (Lipinski definition) is 5. The number of nitrogens with one attached hydrogen (secondary N) is 1. The van der Waals surface area contributed by atoms with Crippen molar-refractivity contribution in [3.05, 3.63) is 17.7 Å². The third-order valence-electron chi connectivity index (χ3n) is 2.24. The van der Waals surface area contributed by atoms with Crippen LogP contribution in [0.25, 0.3) is 0 Å². The van der Waals surface area contributed by atoms with Gasteiger partial charge in [-0.2, -0.15) is 0 Å². The Labute approximate surface area is 107 Å². The van der Waals surface area contributed by atoms with E-state index < -0.39 is 34.8 Å². The number of aliphatic carboxylic acids is 1. The molecule has 0 aliphatic rings. The maximum Gasteiger partial charge on any atom is 0.303 e. The van der Waals surface area contributed by atoms with E-state index >= 15 is 0 Å². The zero-order chi connectivity index (χ0) is 14.6. The van der Waals surface area contributed by atoms with Gasteiger partial charge in [-0.15, -0.1) is 0 Å². The number of aromatic hydroxyl groups is 2. The van der Waals surface area contributed by atoms with Crippen molar-refractivity contribution in [2.45, 2.75) is 12.8 Å². The predicted molar refractivity (Wildman–Crippen MR) is 63.8 cm³/mol. The minimum absolute atomic E-state index is 0.137. The van der Waals surface area contributed by atoms with Gasteiger partial charge >= 0.3 is 5.97 Å². The van der Waals surface area contributed by atoms with Gasteiger partial charge in [-0.25, -0.2) is 0 Å². The molecule has 0 fully saturated rings. The van der Waals surface area contributed by atoms with E-state index in [1.165, 1.54) is 0 Å². The van der Waals surface area contributed by atoms with Crippen LogP contribution in [0.5, 0.6) is 11.5 Å². The van der Waals surface area contributed by atoms with E-state index in [0.29, 0.717) is 0 Å². The number of nitrogens with two attached hydrogens (primary N) is 1. The van der Waals surface area contributed by atoms with E-state index in [2.05, 4.69) is 5.32 Å². The Bertz CT molecular complexity index is 540. The Morgan fingerprint density at radius 3 is 2.32 bits per heavy atom. The van der Waals surface area contributed by atoms with Crippen molar-refractivity contribution in [1.82, 2.24) is 0 Å². The molecule has 1 rings (SSSR count). The molecule has 0 unspecified atom stereocenters. The average Bonchev–Trinajstić information content (AvgIpc) is 2.30. The van der Waals surface area contributed by atoms with Gasteiger partial charge in [0.25, 0.3) is 5.91 Å². The second-order valence-corrected chi connectivity index (χ2v) is 3.66. The molecule has 6 N–H and O–H groups in total. The highest BCUT2D eigenvalue weighted by molar-refractivity contribution is 6.02. The molecule has 19 heavy (non-hydrogen) atoms. The summed E-state index contributed by atoms with van der Waals surface area (Å²) in [6.45, 7) is 0. The Morgan fingerprint density at radius 2 is 1.79 bits per heavy atom. The zero-order valence-electron chi connectivity index (χ0n) is 9.71. The quantitative estimate of drug-likeness (QED) is 0.374. The summed E-state index contributed by atoms with van der Waals surface area (Å²) < 4.78 is 0. The van der Waals surface area contributed by atoms with E-state index in [1.54, 1.807) is 0 Å². The number of carbonyl (C=O) groups excluding carboxylic acids is 2. The highest BCUT2D eigenvalue weighted by Crippen LogP contribution is 2.33. The van der Waals surface area contributed by atoms with Crippen LogP contribution in [0.3, 0.4) is 0 Å². The van der Waals surface area contributed by atoms with Crippen LogP contribution >= 0.6 is 0 Å². The predicted octanol–water partition coefficient (Wildman–Crippen LogP) is -0.000000000000000444. The van der Waals surface area contributed by atoms with Crippen LogP contribution in [0.15, 0.2) is 12.1 Å². The monoisotopic (exact) mass is 268 g/mol. The smallest absolute Gasteiger partial charge is 0.303 e. The lowest BCUT2D eigenvalue weighted by Gasteiger charge is -2.10. The number of carboxylic acid groups (broad SMARTS) is 1. The first kappa shape index (κ1) is 14.3. The first-order valence-electron chi connectivity index (χ1n) is 5.19. The molecule has 8 heteroatoms. The molecule has 0 saturated carbocycles. The summed E-state index contributed by atoms with van der Waals surface area (Å²) in [5.41, 5.74) is 4.31. The number of phenols is 2. The molecular weight excluding hydrogens is 256 g/mol. The molecule has 0 spiro atoms. The fraction of sp³-hybridized carbons (Fsp3) is 0.182. The molecule has 0 aromatic heterocycles. The molecule has 0 heterocycles. The minimum Gasteiger partial charge on any atom is -0.507 e. The summed E-state index contributed by atoms with van der Waals surface area (Å²) in [6, 6.07) is 2.24. The lowest BCUT2D eigenvalue weighted by Crippen LogP contribution is -2.15. The van der Waals surface area contributed by atoms with Gasteiger partial charge < -0.3 is 26.4 Å². The summed E-state index contributed by atoms with van der Waals surface area (Å²) >= 11 is 0. The molecule has 0 aliphatic heterocycles. The Balaban J connectivity index is 2.91. The molecule has 0 bridgehead atoms. The summed E-state index contributed by atoms with van der Waals surface area (Å²) in [6.07, 6.45) is -0.658. The number of carbonyl (C=O) groups is 3. The number of rotatable bonds is 5. The maximum absolute atomic E-state index is 11.4. The minimum atomic E-state index is -1.14. The SMILES string of the molecule is NC(=O)c1c(O)ccc(NC(=O)CCC(=O)O)c1O. The fourth-order valence-corrected chi connectivity index (χ4v) is 1.36. The van der Waals surface area contributed by atoms with Crippen molar-refractivity contribution in [3.63, 3.8) is 0 Å². The van der Waals surface area contributed by atoms with Gasteiger partial charge in [-0.1, -0.05) is 0 Å². The second-order valence-electron chi connectivity index (χ2n) is 3.66. The van der Waals surface area contributed by atoms with E-state index in [9.17, 15) is 24.6 Å². The van der Waals surface area contributed by atoms with Crippen LogP contribution in [-0.2, 0) is 9.59 Å². The van der Waals surface area contributed by atoms with Gasteiger partial charge in [0.05, 0.1) is 12.1 Å². The zero-order valence-corrected chi connectivity index (χ0v) is 9.71. The molecule has 8 nitrogen and oxygen atoms in total. The summed E-state index contributed by atoms with van der Waals surface area (Å²) in [5.74, 6) is -4.04. The third-order valence-corrected chi connectivity index (χ3v) is 2.24. The number of benzene rings is 1. The first-order valence-corrected chi connectivity index (χ1v) is 5.19. The van der Waals surface area contributed by atoms with Gasteiger partial charge in [0.15, 0.2) is 5.75 Å². The number of carboxylic acids is 1. The normalized spacial score (nSPS) is 9.89. The highest BCUT2D eigenvalue weighted by atomic mass is 16.4. The van der Waals surface area contributed by atoms with Crippen LogP contribution in [0, 0.1) is 0 Å². The highest BCUT2D eigenvalue weighted by Gasteiger charge is 2.18. The van der Waals surface area contributed by atoms with E-state index in [-0.39, 0.29) is 18.5 Å². The van der Waals surface area contributed by atoms with Crippen molar-refractivity contribution in [2.24, 2.45) is 5.73 Å². The molecule has 0 saturated heterocycles. The third kappa shape index (κ3) is 3.60. The average molecular weight is 268 g/mol. The van der Waals surface area contributed by atoms with Crippen LogP contribution in [0.1, 0.15) is 23.2 Å². The lowest BCUT2D eigenvalue weighted by molar-refractivity contribution is -0.138. The standard InChI is InChI=1S/C11H12N2O6/c12-11(19)9-6(14)2-1-5(10(9)18)13-7(15)3-4-8(16)17/h1-2,14,18H,3-4H2,(H2,12,19)(H,13,15)(H,16,17). The molecule has 102 valence electrons. The van der Waals surface area contributed by atoms with Crippen LogP contribution in [0.2, 0.25) is 0 Å². The number of primary amides is 1. The second kappa shape index (κ2) is 5.71. The molecule has 2 amide bonds. The lowest BCUT2D eigenvalue weighted by atomic mass is 10.1. The van der Waals surface area contributed by atoms with Crippen LogP contribution in [0.4, 0.5) is 5.69 Å². The van der Waals surface area contributed by atoms with Crippen molar-refractivity contribution < 1.29 is 29.7 Å². The van der Waals surface area contributed by atoms with Crippen molar-refractivity contribution >= 4 is 23.5 Å². The largest absolute Gasteiger partial charge is 0.507 e. The van der Waals surface area contributed by atoms with Gasteiger partial charge in [0.1, 0.15) is 11.3 Å². The van der Waals surface area contributed by atoms with E-state index in [1.807, 2.05) is 0 Å². The molecule has 1 aromatic carbocycles. The Hall–Kier alpha value is -2.77. The van der Waals surface area contributed by atoms with Crippen LogP contribution in [-0.4, -0.2) is 33.1 Å². The van der Waals surface area contributed by atoms with Gasteiger partial charge in [0.2, 0.25) is 5.91 Å². The van der Waals surface area contributed by atoms with Crippen molar-refractivity contribution in [2.75, 3.05) is 5.32 Å². The topological polar surface area (TPSA) is 150 Å². The molecular formula is C11H12N2O6. The van der Waals surface area contributed by atoms with Gasteiger partial charge in [-0.05, 0) is 12.1 Å². The molecule has 0 radical (unpaired) electrons. The Kier molecular flexibility index (Phi) is 4.30. The summed E-state index contributed by atoms with van der Waals surface area (Å²) in [7, 11) is 0. The summed E-state index contributed by atoms with van der Waals surface area (Å²) in [4.78, 5) is 32.7. The molecule has 0 atom stereocenters. The fourth-order valence-electron chi connectivity index (χ4n) is 1.36. The Morgan fingerprint density at radius 1 is 1.16 bits per heavy atom. The van der Waals surface area contributed by atoms with E-state index in [0.717, 1.165) is 12.1 Å². The number of amides is 2. The maximum atomic E-state index is 11.4. The van der Waals surface area contributed by atoms with E-state index in [4.69, 9.17) is 10.8 Å². The van der Waals surface area contributed by atoms with Gasteiger partial charge in [-0.3, -0.25) is 14.4 Å². The first-order chi connectivity index (χ1) is 8.82. The van der Waals surface area contributed by atoms with Gasteiger partial charge in [0, 0.05) is 6.42 Å². The van der Waals surface area contributed by atoms with Crippen LogP contribution < -0.4 is 11.1 Å². The molecule has 0 aliphatic carbocycles. The number of hydrogen-bond acceptors (Lipinski definition) is 5. The molecule has 1 aromatic rings. The number of anilines is 1.